The number of esters is 1. The van der Waals surface area contributed by atoms with Crippen LogP contribution < -0.4 is 4.90 Å². The van der Waals surface area contributed by atoms with E-state index in [1.807, 2.05) is 12.3 Å². The maximum absolute atomic E-state index is 11.4. The van der Waals surface area contributed by atoms with E-state index in [4.69, 9.17) is 4.74 Å². The zero-order valence-electron chi connectivity index (χ0n) is 13.8. The van der Waals surface area contributed by atoms with Gasteiger partial charge in [-0.1, -0.05) is 0 Å². The molecule has 120 valence electrons. The molecule has 1 unspecified atom stereocenters. The first kappa shape index (κ1) is 17.9. The molecule has 1 atom stereocenters. The molecule has 1 rings (SSSR count). The lowest BCUT2D eigenvalue weighted by molar-refractivity contribution is -0.143. The first-order chi connectivity index (χ1) is 9.97. The molecule has 21 heavy (non-hydrogen) atoms. The zero-order chi connectivity index (χ0) is 15.8. The summed E-state index contributed by atoms with van der Waals surface area (Å²) in [6.07, 6.45) is 1.05. The lowest BCUT2D eigenvalue weighted by Crippen LogP contribution is -2.40. The molecule has 0 fully saturated rings. The molecule has 6 heteroatoms. The van der Waals surface area contributed by atoms with Crippen molar-refractivity contribution in [2.75, 3.05) is 38.7 Å². The van der Waals surface area contributed by atoms with Gasteiger partial charge in [0.25, 0.3) is 0 Å². The molecule has 0 saturated carbocycles. The standard InChI is InChI=1S/C15H27N3O2S/c1-6-18(12(3)10-17(4)5)15-16-13(11-21-15)8-9-14(19)20-7-2/h11-12H,6-10H2,1-5H3. The maximum Gasteiger partial charge on any atom is 0.306 e. The summed E-state index contributed by atoms with van der Waals surface area (Å²) < 4.78 is 4.94. The number of likely N-dealkylation sites (N-methyl/N-ethyl adjacent to an activating group) is 2. The van der Waals surface area contributed by atoms with Crippen molar-refractivity contribution in [2.45, 2.75) is 39.7 Å². The molecule has 1 heterocycles. The topological polar surface area (TPSA) is 45.7 Å². The second kappa shape index (κ2) is 9.00. The number of thiazole rings is 1. The van der Waals surface area contributed by atoms with Crippen molar-refractivity contribution in [1.29, 1.82) is 0 Å². The number of hydrogen-bond acceptors (Lipinski definition) is 6. The van der Waals surface area contributed by atoms with Gasteiger partial charge in [-0.05, 0) is 34.9 Å². The molecule has 0 N–H and O–H groups in total. The van der Waals surface area contributed by atoms with Crippen molar-refractivity contribution in [1.82, 2.24) is 9.88 Å². The number of nitrogens with zero attached hydrogens (tertiary/aromatic N) is 3. The molecule has 0 aliphatic carbocycles. The molecule has 0 radical (unpaired) electrons. The Balaban J connectivity index is 2.61. The molecule has 0 aliphatic rings. The number of hydrogen-bond donors (Lipinski definition) is 0. The first-order valence-corrected chi connectivity index (χ1v) is 8.37. The zero-order valence-corrected chi connectivity index (χ0v) is 14.6. The Morgan fingerprint density at radius 2 is 2.14 bits per heavy atom. The second-order valence-corrected chi connectivity index (χ2v) is 6.16. The number of ether oxygens (including phenoxy) is 1. The van der Waals surface area contributed by atoms with Gasteiger partial charge in [0.1, 0.15) is 0 Å². The van der Waals surface area contributed by atoms with Crippen LogP contribution in [0.4, 0.5) is 5.13 Å². The molecular formula is C15H27N3O2S. The minimum Gasteiger partial charge on any atom is -0.466 e. The SMILES string of the molecule is CCOC(=O)CCc1csc(N(CC)C(C)CN(C)C)n1. The van der Waals surface area contributed by atoms with Crippen LogP contribution in [0.2, 0.25) is 0 Å². The molecule has 1 aromatic heterocycles. The fraction of sp³-hybridized carbons (Fsp3) is 0.733. The predicted molar refractivity (Wildman–Crippen MR) is 88.1 cm³/mol. The van der Waals surface area contributed by atoms with Gasteiger partial charge in [-0.25, -0.2) is 4.98 Å². The summed E-state index contributed by atoms with van der Waals surface area (Å²) in [6, 6.07) is 0.411. The summed E-state index contributed by atoms with van der Waals surface area (Å²) in [5.41, 5.74) is 0.971. The smallest absolute Gasteiger partial charge is 0.306 e. The highest BCUT2D eigenvalue weighted by molar-refractivity contribution is 7.13. The van der Waals surface area contributed by atoms with Crippen LogP contribution in [0.1, 0.15) is 32.9 Å². The number of carbonyl (C=O) groups is 1. The van der Waals surface area contributed by atoms with Crippen molar-refractivity contribution < 1.29 is 9.53 Å². The van der Waals surface area contributed by atoms with E-state index in [0.29, 0.717) is 25.5 Å². The van der Waals surface area contributed by atoms with Crippen molar-refractivity contribution >= 4 is 22.4 Å². The molecule has 0 bridgehead atoms. The fourth-order valence-electron chi connectivity index (χ4n) is 2.27. The number of aryl methyl sites for hydroxylation is 1. The quantitative estimate of drug-likeness (QED) is 0.655. The van der Waals surface area contributed by atoms with Gasteiger partial charge in [-0.3, -0.25) is 4.79 Å². The lowest BCUT2D eigenvalue weighted by Gasteiger charge is -2.29. The molecule has 1 aromatic rings. The Morgan fingerprint density at radius 3 is 2.71 bits per heavy atom. The van der Waals surface area contributed by atoms with E-state index in [1.54, 1.807) is 11.3 Å². The van der Waals surface area contributed by atoms with Gasteiger partial charge in [0.05, 0.1) is 18.7 Å². The third-order valence-electron chi connectivity index (χ3n) is 3.18. The van der Waals surface area contributed by atoms with Crippen LogP contribution in [-0.4, -0.2) is 55.7 Å². The summed E-state index contributed by atoms with van der Waals surface area (Å²) in [5, 5.41) is 3.07. The van der Waals surface area contributed by atoms with E-state index in [9.17, 15) is 4.79 Å². The second-order valence-electron chi connectivity index (χ2n) is 5.32. The molecule has 0 aliphatic heterocycles. The minimum atomic E-state index is -0.152. The largest absolute Gasteiger partial charge is 0.466 e. The summed E-state index contributed by atoms with van der Waals surface area (Å²) in [6.45, 7) is 8.54. The number of aromatic nitrogens is 1. The van der Waals surface area contributed by atoms with Gasteiger partial charge in [0.15, 0.2) is 5.13 Å². The van der Waals surface area contributed by atoms with E-state index >= 15 is 0 Å². The molecule has 0 aromatic carbocycles. The lowest BCUT2D eigenvalue weighted by atomic mass is 10.2. The van der Waals surface area contributed by atoms with Gasteiger partial charge in [-0.2, -0.15) is 0 Å². The fourth-order valence-corrected chi connectivity index (χ4v) is 3.30. The van der Waals surface area contributed by atoms with Gasteiger partial charge in [0.2, 0.25) is 0 Å². The minimum absolute atomic E-state index is 0.152. The van der Waals surface area contributed by atoms with Gasteiger partial charge in [0, 0.05) is 30.9 Å². The Labute approximate surface area is 131 Å². The summed E-state index contributed by atoms with van der Waals surface area (Å²) >= 11 is 1.65. The number of anilines is 1. The van der Waals surface area contributed by atoms with Gasteiger partial charge >= 0.3 is 5.97 Å². The van der Waals surface area contributed by atoms with E-state index in [0.717, 1.165) is 23.9 Å². The number of carbonyl (C=O) groups excluding carboxylic acids is 1. The monoisotopic (exact) mass is 313 g/mol. The van der Waals surface area contributed by atoms with E-state index in [2.05, 4.69) is 42.7 Å². The van der Waals surface area contributed by atoms with Crippen LogP contribution in [0.25, 0.3) is 0 Å². The van der Waals surface area contributed by atoms with Crippen LogP contribution in [0.15, 0.2) is 5.38 Å². The predicted octanol–water partition coefficient (Wildman–Crippen LogP) is 2.42. The Morgan fingerprint density at radius 1 is 1.43 bits per heavy atom. The highest BCUT2D eigenvalue weighted by atomic mass is 32.1. The van der Waals surface area contributed by atoms with E-state index in [-0.39, 0.29) is 5.97 Å². The highest BCUT2D eigenvalue weighted by Crippen LogP contribution is 2.23. The summed E-state index contributed by atoms with van der Waals surface area (Å²) in [4.78, 5) is 20.5. The normalized spacial score (nSPS) is 12.5. The molecule has 0 spiro atoms. The molecule has 0 saturated heterocycles. The Kier molecular flexibility index (Phi) is 7.67. The van der Waals surface area contributed by atoms with Crippen molar-refractivity contribution in [3.05, 3.63) is 11.1 Å². The number of rotatable bonds is 9. The van der Waals surface area contributed by atoms with Crippen molar-refractivity contribution in [3.63, 3.8) is 0 Å². The average molecular weight is 313 g/mol. The Bertz CT molecular complexity index is 434. The van der Waals surface area contributed by atoms with E-state index < -0.39 is 0 Å². The molecular weight excluding hydrogens is 286 g/mol. The van der Waals surface area contributed by atoms with Crippen molar-refractivity contribution in [3.8, 4) is 0 Å². The summed E-state index contributed by atoms with van der Waals surface area (Å²) in [7, 11) is 4.16. The van der Waals surface area contributed by atoms with E-state index in [1.165, 1.54) is 0 Å². The third kappa shape index (κ3) is 6.01. The highest BCUT2D eigenvalue weighted by Gasteiger charge is 2.17. The van der Waals surface area contributed by atoms with Crippen LogP contribution in [0.5, 0.6) is 0 Å². The first-order valence-electron chi connectivity index (χ1n) is 7.49. The Hall–Kier alpha value is -1.14. The van der Waals surface area contributed by atoms with Crippen molar-refractivity contribution in [2.24, 2.45) is 0 Å². The van der Waals surface area contributed by atoms with Crippen LogP contribution in [0, 0.1) is 0 Å². The van der Waals surface area contributed by atoms with Crippen LogP contribution >= 0.6 is 11.3 Å². The summed E-state index contributed by atoms with van der Waals surface area (Å²) in [5.74, 6) is -0.152. The third-order valence-corrected chi connectivity index (χ3v) is 4.10. The van der Waals surface area contributed by atoms with Gasteiger partial charge in [-0.15, -0.1) is 11.3 Å². The maximum atomic E-state index is 11.4. The average Bonchev–Trinajstić information content (AvgIpc) is 2.85. The van der Waals surface area contributed by atoms with Crippen LogP contribution in [-0.2, 0) is 16.0 Å². The molecule has 0 amide bonds. The molecule has 5 nitrogen and oxygen atoms in total. The van der Waals surface area contributed by atoms with Crippen LogP contribution in [0.3, 0.4) is 0 Å². The van der Waals surface area contributed by atoms with Gasteiger partial charge < -0.3 is 14.5 Å².